The second-order valence-electron chi connectivity index (χ2n) is 6.86. The summed E-state index contributed by atoms with van der Waals surface area (Å²) in [5.41, 5.74) is 0. The van der Waals surface area contributed by atoms with E-state index < -0.39 is 0 Å². The Hall–Kier alpha value is -0.0800. The van der Waals surface area contributed by atoms with E-state index in [0.717, 1.165) is 24.4 Å². The number of piperidine rings is 1. The van der Waals surface area contributed by atoms with Gasteiger partial charge in [-0.1, -0.05) is 19.8 Å². The van der Waals surface area contributed by atoms with Gasteiger partial charge in [0.2, 0.25) is 0 Å². The zero-order valence-electron chi connectivity index (χ0n) is 13.0. The quantitative estimate of drug-likeness (QED) is 0.754. The van der Waals surface area contributed by atoms with E-state index in [1.165, 1.54) is 64.3 Å². The largest absolute Gasteiger partial charge is 0.393 e. The van der Waals surface area contributed by atoms with E-state index in [-0.39, 0.29) is 6.10 Å². The first kappa shape index (κ1) is 15.3. The summed E-state index contributed by atoms with van der Waals surface area (Å²) < 4.78 is 0. The third kappa shape index (κ3) is 4.19. The summed E-state index contributed by atoms with van der Waals surface area (Å²) in [5, 5.41) is 9.39. The smallest absolute Gasteiger partial charge is 0.0512 e. The highest BCUT2D eigenvalue weighted by molar-refractivity contribution is 4.93. The number of aliphatic hydroxyl groups is 1. The molecule has 2 saturated heterocycles. The van der Waals surface area contributed by atoms with Gasteiger partial charge >= 0.3 is 0 Å². The molecule has 4 atom stereocenters. The molecule has 2 heterocycles. The predicted octanol–water partition coefficient (Wildman–Crippen LogP) is 3.97. The molecule has 0 aromatic heterocycles. The van der Waals surface area contributed by atoms with Gasteiger partial charge in [-0.05, 0) is 70.8 Å². The minimum Gasteiger partial charge on any atom is -0.393 e. The van der Waals surface area contributed by atoms with Crippen LogP contribution in [0.15, 0.2) is 0 Å². The molecular formula is C17H33NO. The van der Waals surface area contributed by atoms with Gasteiger partial charge in [0, 0.05) is 12.1 Å². The van der Waals surface area contributed by atoms with E-state index in [1.807, 2.05) is 6.92 Å². The van der Waals surface area contributed by atoms with Crippen LogP contribution >= 0.6 is 0 Å². The van der Waals surface area contributed by atoms with Gasteiger partial charge in [0.1, 0.15) is 0 Å². The lowest BCUT2D eigenvalue weighted by Crippen LogP contribution is -2.47. The molecule has 4 unspecified atom stereocenters. The lowest BCUT2D eigenvalue weighted by Gasteiger charge is -2.43. The van der Waals surface area contributed by atoms with Crippen LogP contribution in [0.1, 0.15) is 78.1 Å². The van der Waals surface area contributed by atoms with E-state index in [9.17, 15) is 5.11 Å². The number of rotatable bonds is 7. The van der Waals surface area contributed by atoms with E-state index in [0.29, 0.717) is 0 Å². The van der Waals surface area contributed by atoms with E-state index in [1.54, 1.807) is 0 Å². The molecular weight excluding hydrogens is 234 g/mol. The Morgan fingerprint density at radius 2 is 2.00 bits per heavy atom. The van der Waals surface area contributed by atoms with Crippen LogP contribution in [-0.2, 0) is 0 Å². The fourth-order valence-electron chi connectivity index (χ4n) is 4.30. The van der Waals surface area contributed by atoms with Gasteiger partial charge in [-0.2, -0.15) is 0 Å². The molecule has 0 radical (unpaired) electrons. The molecule has 0 amide bonds. The SMILES string of the molecule is CCCCC1CCC(CCCC(C)O)N2CCCC12. The standard InChI is InChI=1S/C17H33NO/c1-3-4-8-15-11-12-16(9-5-7-14(2)19)18-13-6-10-17(15)18/h14-17,19H,3-13H2,1-2H3. The highest BCUT2D eigenvalue weighted by Crippen LogP contribution is 2.39. The minimum atomic E-state index is -0.115. The van der Waals surface area contributed by atoms with Crippen LogP contribution in [0.2, 0.25) is 0 Å². The summed E-state index contributed by atoms with van der Waals surface area (Å²) in [6.45, 7) is 5.57. The van der Waals surface area contributed by atoms with Crippen LogP contribution < -0.4 is 0 Å². The normalized spacial score (nSPS) is 33.3. The molecule has 0 aromatic carbocycles. The molecule has 0 aromatic rings. The Labute approximate surface area is 119 Å². The van der Waals surface area contributed by atoms with Crippen molar-refractivity contribution in [2.24, 2.45) is 5.92 Å². The number of hydrogen-bond acceptors (Lipinski definition) is 2. The molecule has 2 fully saturated rings. The van der Waals surface area contributed by atoms with Crippen molar-refractivity contribution in [3.8, 4) is 0 Å². The third-order valence-electron chi connectivity index (χ3n) is 5.31. The van der Waals surface area contributed by atoms with Gasteiger partial charge in [0.15, 0.2) is 0 Å². The van der Waals surface area contributed by atoms with Crippen LogP contribution in [0.5, 0.6) is 0 Å². The van der Waals surface area contributed by atoms with Crippen LogP contribution in [0.25, 0.3) is 0 Å². The molecule has 0 saturated carbocycles. The second-order valence-corrected chi connectivity index (χ2v) is 6.86. The first-order valence-electron chi connectivity index (χ1n) is 8.66. The molecule has 1 N–H and O–H groups in total. The van der Waals surface area contributed by atoms with Crippen molar-refractivity contribution in [2.75, 3.05) is 6.54 Å². The summed E-state index contributed by atoms with van der Waals surface area (Å²) >= 11 is 0. The number of aliphatic hydroxyl groups excluding tert-OH is 1. The first-order chi connectivity index (χ1) is 9.22. The van der Waals surface area contributed by atoms with Crippen molar-refractivity contribution in [3.63, 3.8) is 0 Å². The maximum absolute atomic E-state index is 9.39. The van der Waals surface area contributed by atoms with Crippen molar-refractivity contribution in [1.82, 2.24) is 4.90 Å². The van der Waals surface area contributed by atoms with Crippen LogP contribution in [0.3, 0.4) is 0 Å². The maximum Gasteiger partial charge on any atom is 0.0512 e. The highest BCUT2D eigenvalue weighted by Gasteiger charge is 2.38. The van der Waals surface area contributed by atoms with E-state index in [2.05, 4.69) is 11.8 Å². The van der Waals surface area contributed by atoms with Crippen LogP contribution in [0, 0.1) is 5.92 Å². The van der Waals surface area contributed by atoms with E-state index >= 15 is 0 Å². The van der Waals surface area contributed by atoms with Gasteiger partial charge in [0.05, 0.1) is 6.10 Å². The number of nitrogens with zero attached hydrogens (tertiary/aromatic N) is 1. The second kappa shape index (κ2) is 7.64. The van der Waals surface area contributed by atoms with E-state index in [4.69, 9.17) is 0 Å². The van der Waals surface area contributed by atoms with Gasteiger partial charge in [0.25, 0.3) is 0 Å². The summed E-state index contributed by atoms with van der Waals surface area (Å²) in [6, 6.07) is 1.72. The molecule has 0 spiro atoms. The fourth-order valence-corrected chi connectivity index (χ4v) is 4.30. The lowest BCUT2D eigenvalue weighted by molar-refractivity contribution is 0.0605. The molecule has 19 heavy (non-hydrogen) atoms. The fraction of sp³-hybridized carbons (Fsp3) is 1.00. The monoisotopic (exact) mass is 267 g/mol. The molecule has 112 valence electrons. The molecule has 2 heteroatoms. The van der Waals surface area contributed by atoms with Gasteiger partial charge in [-0.25, -0.2) is 0 Å². The molecule has 0 aliphatic carbocycles. The lowest BCUT2D eigenvalue weighted by atomic mass is 9.81. The molecule has 2 rings (SSSR count). The number of unbranched alkanes of at least 4 members (excludes halogenated alkanes) is 1. The molecule has 2 aliphatic heterocycles. The predicted molar refractivity (Wildman–Crippen MR) is 81.3 cm³/mol. The minimum absolute atomic E-state index is 0.115. The summed E-state index contributed by atoms with van der Waals surface area (Å²) in [7, 11) is 0. The average Bonchev–Trinajstić information content (AvgIpc) is 2.86. The Morgan fingerprint density at radius 3 is 2.74 bits per heavy atom. The van der Waals surface area contributed by atoms with Crippen LogP contribution in [-0.4, -0.2) is 34.7 Å². The van der Waals surface area contributed by atoms with Gasteiger partial charge < -0.3 is 5.11 Å². The zero-order valence-corrected chi connectivity index (χ0v) is 13.0. The Bertz CT molecular complexity index is 254. The first-order valence-corrected chi connectivity index (χ1v) is 8.66. The Kier molecular flexibility index (Phi) is 6.15. The maximum atomic E-state index is 9.39. The number of fused-ring (bicyclic) bond motifs is 1. The molecule has 2 nitrogen and oxygen atoms in total. The summed E-state index contributed by atoms with van der Waals surface area (Å²) in [6.07, 6.45) is 13.3. The van der Waals surface area contributed by atoms with Crippen molar-refractivity contribution < 1.29 is 5.11 Å². The highest BCUT2D eigenvalue weighted by atomic mass is 16.3. The third-order valence-corrected chi connectivity index (χ3v) is 5.31. The van der Waals surface area contributed by atoms with Gasteiger partial charge in [-0.3, -0.25) is 4.90 Å². The topological polar surface area (TPSA) is 23.5 Å². The van der Waals surface area contributed by atoms with Crippen molar-refractivity contribution in [3.05, 3.63) is 0 Å². The van der Waals surface area contributed by atoms with Crippen molar-refractivity contribution in [1.29, 1.82) is 0 Å². The zero-order chi connectivity index (χ0) is 13.7. The Balaban J connectivity index is 1.81. The average molecular weight is 267 g/mol. The van der Waals surface area contributed by atoms with Crippen molar-refractivity contribution >= 4 is 0 Å². The van der Waals surface area contributed by atoms with Crippen molar-refractivity contribution in [2.45, 2.75) is 96.2 Å². The Morgan fingerprint density at radius 1 is 1.16 bits per heavy atom. The molecule has 2 aliphatic rings. The summed E-state index contributed by atoms with van der Waals surface area (Å²) in [4.78, 5) is 2.84. The summed E-state index contributed by atoms with van der Waals surface area (Å²) in [5.74, 6) is 0.982. The number of hydrogen-bond donors (Lipinski definition) is 1. The van der Waals surface area contributed by atoms with Gasteiger partial charge in [-0.15, -0.1) is 0 Å². The molecule has 0 bridgehead atoms. The van der Waals surface area contributed by atoms with Crippen LogP contribution in [0.4, 0.5) is 0 Å².